The molecule has 0 atom stereocenters. The Labute approximate surface area is 99.1 Å². The third-order valence-electron chi connectivity index (χ3n) is 2.62. The molecule has 1 aromatic heterocycles. The summed E-state index contributed by atoms with van der Waals surface area (Å²) in [6, 6.07) is 3.22. The zero-order chi connectivity index (χ0) is 12.3. The molecule has 90 valence electrons. The Hall–Kier alpha value is -1.91. The lowest BCUT2D eigenvalue weighted by molar-refractivity contribution is -0.121. The van der Waals surface area contributed by atoms with Crippen molar-refractivity contribution < 1.29 is 4.79 Å². The van der Waals surface area contributed by atoms with Crippen molar-refractivity contribution in [3.8, 4) is 0 Å². The van der Waals surface area contributed by atoms with Crippen LogP contribution in [0.25, 0.3) is 0 Å². The molecule has 17 heavy (non-hydrogen) atoms. The second kappa shape index (κ2) is 4.95. The number of rotatable bonds is 5. The monoisotopic (exact) mass is 233 g/mol. The molecule has 0 aromatic carbocycles. The SMILES string of the molecule is C=CCNC(=O)Cn1nc(C2CC2)ccc1=O. The van der Waals surface area contributed by atoms with Crippen molar-refractivity contribution in [2.75, 3.05) is 6.54 Å². The number of carbonyl (C=O) groups is 1. The molecule has 0 unspecified atom stereocenters. The molecule has 0 radical (unpaired) electrons. The van der Waals surface area contributed by atoms with Gasteiger partial charge in [-0.3, -0.25) is 9.59 Å². The fourth-order valence-electron chi connectivity index (χ4n) is 1.55. The van der Waals surface area contributed by atoms with Gasteiger partial charge in [-0.1, -0.05) is 6.08 Å². The molecule has 1 aliphatic rings. The molecule has 5 nitrogen and oxygen atoms in total. The van der Waals surface area contributed by atoms with Gasteiger partial charge in [-0.2, -0.15) is 5.10 Å². The highest BCUT2D eigenvalue weighted by Gasteiger charge is 2.25. The summed E-state index contributed by atoms with van der Waals surface area (Å²) in [4.78, 5) is 23.0. The first kappa shape index (κ1) is 11.6. The second-order valence-corrected chi connectivity index (χ2v) is 4.12. The summed E-state index contributed by atoms with van der Waals surface area (Å²) in [5.74, 6) is 0.241. The molecule has 1 aliphatic carbocycles. The molecular formula is C12H15N3O2. The summed E-state index contributed by atoms with van der Waals surface area (Å²) in [5.41, 5.74) is 0.657. The summed E-state index contributed by atoms with van der Waals surface area (Å²) >= 11 is 0. The van der Waals surface area contributed by atoms with Crippen LogP contribution in [0.4, 0.5) is 0 Å². The van der Waals surface area contributed by atoms with Crippen molar-refractivity contribution in [3.05, 3.63) is 40.8 Å². The predicted molar refractivity (Wildman–Crippen MR) is 63.7 cm³/mol. The maximum absolute atomic E-state index is 11.5. The second-order valence-electron chi connectivity index (χ2n) is 4.12. The first-order valence-corrected chi connectivity index (χ1v) is 5.66. The zero-order valence-electron chi connectivity index (χ0n) is 9.56. The lowest BCUT2D eigenvalue weighted by Gasteiger charge is -2.06. The Morgan fingerprint density at radius 1 is 1.59 bits per heavy atom. The molecule has 1 aromatic rings. The molecule has 1 fully saturated rings. The van der Waals surface area contributed by atoms with E-state index in [2.05, 4.69) is 17.0 Å². The van der Waals surface area contributed by atoms with E-state index in [0.717, 1.165) is 18.5 Å². The van der Waals surface area contributed by atoms with E-state index in [0.29, 0.717) is 12.5 Å². The minimum absolute atomic E-state index is 0.0345. The Balaban J connectivity index is 2.08. The fraction of sp³-hybridized carbons (Fsp3) is 0.417. The van der Waals surface area contributed by atoms with E-state index in [1.54, 1.807) is 12.1 Å². The van der Waals surface area contributed by atoms with Gasteiger partial charge < -0.3 is 5.32 Å². The number of carbonyl (C=O) groups excluding carboxylic acids is 1. The number of amides is 1. The maximum Gasteiger partial charge on any atom is 0.267 e. The quantitative estimate of drug-likeness (QED) is 0.750. The molecule has 1 saturated carbocycles. The van der Waals surface area contributed by atoms with E-state index >= 15 is 0 Å². The van der Waals surface area contributed by atoms with Gasteiger partial charge in [-0.25, -0.2) is 4.68 Å². The van der Waals surface area contributed by atoms with E-state index in [1.807, 2.05) is 0 Å². The average Bonchev–Trinajstić information content (AvgIpc) is 3.13. The maximum atomic E-state index is 11.5. The van der Waals surface area contributed by atoms with Crippen LogP contribution in [0.2, 0.25) is 0 Å². The van der Waals surface area contributed by atoms with Gasteiger partial charge in [0.15, 0.2) is 0 Å². The van der Waals surface area contributed by atoms with Gasteiger partial charge >= 0.3 is 0 Å². The van der Waals surface area contributed by atoms with Crippen LogP contribution in [0.5, 0.6) is 0 Å². The highest BCUT2D eigenvalue weighted by atomic mass is 16.2. The van der Waals surface area contributed by atoms with Crippen LogP contribution in [0.3, 0.4) is 0 Å². The standard InChI is InChI=1S/C12H15N3O2/c1-2-7-13-11(16)8-15-12(17)6-5-10(14-15)9-3-4-9/h2,5-6,9H,1,3-4,7-8H2,(H,13,16). The van der Waals surface area contributed by atoms with E-state index in [1.165, 1.54) is 10.7 Å². The summed E-state index contributed by atoms with van der Waals surface area (Å²) in [5, 5.41) is 6.82. The van der Waals surface area contributed by atoms with Crippen molar-refractivity contribution in [2.45, 2.75) is 25.3 Å². The third kappa shape index (κ3) is 3.03. The van der Waals surface area contributed by atoms with Gasteiger partial charge in [-0.15, -0.1) is 6.58 Å². The predicted octanol–water partition coefficient (Wildman–Crippen LogP) is 0.423. The Morgan fingerprint density at radius 2 is 2.35 bits per heavy atom. The summed E-state index contributed by atoms with van der Waals surface area (Å²) in [7, 11) is 0. The summed E-state index contributed by atoms with van der Waals surface area (Å²) in [6.07, 6.45) is 3.83. The summed E-state index contributed by atoms with van der Waals surface area (Å²) in [6.45, 7) is 3.87. The molecule has 1 heterocycles. The lowest BCUT2D eigenvalue weighted by atomic mass is 10.3. The molecule has 0 saturated heterocycles. The van der Waals surface area contributed by atoms with Crippen LogP contribution < -0.4 is 10.9 Å². The van der Waals surface area contributed by atoms with Crippen LogP contribution in [0.15, 0.2) is 29.6 Å². The minimum Gasteiger partial charge on any atom is -0.351 e. The van der Waals surface area contributed by atoms with Gasteiger partial charge in [0.25, 0.3) is 5.56 Å². The summed E-state index contributed by atoms with van der Waals surface area (Å²) < 4.78 is 1.21. The first-order valence-electron chi connectivity index (χ1n) is 5.66. The van der Waals surface area contributed by atoms with Crippen LogP contribution in [-0.2, 0) is 11.3 Å². The minimum atomic E-state index is -0.247. The number of aromatic nitrogens is 2. The Morgan fingerprint density at radius 3 is 3.00 bits per heavy atom. The smallest absolute Gasteiger partial charge is 0.267 e. The first-order chi connectivity index (χ1) is 8.20. The van der Waals surface area contributed by atoms with Crippen molar-refractivity contribution in [3.63, 3.8) is 0 Å². The lowest BCUT2D eigenvalue weighted by Crippen LogP contribution is -2.33. The third-order valence-corrected chi connectivity index (χ3v) is 2.62. The largest absolute Gasteiger partial charge is 0.351 e. The Bertz CT molecular complexity index is 489. The fourth-order valence-corrected chi connectivity index (χ4v) is 1.55. The van der Waals surface area contributed by atoms with Crippen LogP contribution in [0, 0.1) is 0 Å². The number of nitrogens with one attached hydrogen (secondary N) is 1. The molecular weight excluding hydrogens is 218 g/mol. The number of nitrogens with zero attached hydrogens (tertiary/aromatic N) is 2. The van der Waals surface area contributed by atoms with Gasteiger partial charge in [0.2, 0.25) is 5.91 Å². The van der Waals surface area contributed by atoms with E-state index in [9.17, 15) is 9.59 Å². The molecule has 5 heteroatoms. The average molecular weight is 233 g/mol. The molecule has 0 spiro atoms. The highest BCUT2D eigenvalue weighted by Crippen LogP contribution is 2.38. The van der Waals surface area contributed by atoms with Crippen LogP contribution >= 0.6 is 0 Å². The van der Waals surface area contributed by atoms with Gasteiger partial charge in [0, 0.05) is 18.5 Å². The molecule has 1 N–H and O–H groups in total. The highest BCUT2D eigenvalue weighted by molar-refractivity contribution is 5.75. The molecule has 2 rings (SSSR count). The molecule has 0 aliphatic heterocycles. The number of hydrogen-bond donors (Lipinski definition) is 1. The van der Waals surface area contributed by atoms with E-state index in [4.69, 9.17) is 0 Å². The molecule has 1 amide bonds. The molecule has 0 bridgehead atoms. The zero-order valence-corrected chi connectivity index (χ0v) is 9.56. The topological polar surface area (TPSA) is 64.0 Å². The van der Waals surface area contributed by atoms with Crippen LogP contribution in [-0.4, -0.2) is 22.2 Å². The van der Waals surface area contributed by atoms with Gasteiger partial charge in [0.1, 0.15) is 6.54 Å². The van der Waals surface area contributed by atoms with Crippen molar-refractivity contribution >= 4 is 5.91 Å². The number of hydrogen-bond acceptors (Lipinski definition) is 3. The van der Waals surface area contributed by atoms with Crippen LogP contribution in [0.1, 0.15) is 24.5 Å². The normalized spacial score (nSPS) is 14.4. The van der Waals surface area contributed by atoms with Crippen molar-refractivity contribution in [2.24, 2.45) is 0 Å². The van der Waals surface area contributed by atoms with E-state index in [-0.39, 0.29) is 18.0 Å². The van der Waals surface area contributed by atoms with Crippen molar-refractivity contribution in [1.29, 1.82) is 0 Å². The van der Waals surface area contributed by atoms with Gasteiger partial charge in [0.05, 0.1) is 5.69 Å². The van der Waals surface area contributed by atoms with Gasteiger partial charge in [-0.05, 0) is 18.9 Å². The van der Waals surface area contributed by atoms with Crippen molar-refractivity contribution in [1.82, 2.24) is 15.1 Å². The van der Waals surface area contributed by atoms with E-state index < -0.39 is 0 Å². The Kier molecular flexibility index (Phi) is 3.37.